The number of carbonyl (C=O) groups is 1. The van der Waals surface area contributed by atoms with Crippen molar-refractivity contribution in [3.05, 3.63) is 65.7 Å². The zero-order valence-electron chi connectivity index (χ0n) is 15.8. The molecule has 2 aromatic carbocycles. The standard InChI is InChI=1S/C23H27NO3/c1-3-21(18-23(25)26-4-2)24-15-8-16-27-22-13-11-20(12-14-22)17-19-9-6-5-7-10-19/h1,5-7,9-14,21,24H,4,8,15-18H2,2H3. The summed E-state index contributed by atoms with van der Waals surface area (Å²) in [7, 11) is 0. The highest BCUT2D eigenvalue weighted by Gasteiger charge is 2.11. The summed E-state index contributed by atoms with van der Waals surface area (Å²) in [6.07, 6.45) is 7.34. The van der Waals surface area contributed by atoms with Crippen molar-refractivity contribution >= 4 is 5.97 Å². The fourth-order valence-electron chi connectivity index (χ4n) is 2.65. The molecule has 0 spiro atoms. The summed E-state index contributed by atoms with van der Waals surface area (Å²) in [6.45, 7) is 3.41. The van der Waals surface area contributed by atoms with Gasteiger partial charge in [-0.25, -0.2) is 0 Å². The molecule has 27 heavy (non-hydrogen) atoms. The van der Waals surface area contributed by atoms with E-state index >= 15 is 0 Å². The van der Waals surface area contributed by atoms with Gasteiger partial charge in [-0.3, -0.25) is 4.79 Å². The lowest BCUT2D eigenvalue weighted by Gasteiger charge is -2.12. The largest absolute Gasteiger partial charge is 0.494 e. The lowest BCUT2D eigenvalue weighted by atomic mass is 10.1. The fraction of sp³-hybridized carbons (Fsp3) is 0.348. The van der Waals surface area contributed by atoms with Gasteiger partial charge in [-0.15, -0.1) is 6.42 Å². The van der Waals surface area contributed by atoms with E-state index in [1.54, 1.807) is 6.92 Å². The summed E-state index contributed by atoms with van der Waals surface area (Å²) in [5, 5.41) is 3.16. The highest BCUT2D eigenvalue weighted by atomic mass is 16.5. The summed E-state index contributed by atoms with van der Waals surface area (Å²) in [5.41, 5.74) is 2.55. The minimum absolute atomic E-state index is 0.189. The van der Waals surface area contributed by atoms with Crippen LogP contribution >= 0.6 is 0 Å². The Balaban J connectivity index is 1.65. The van der Waals surface area contributed by atoms with E-state index in [4.69, 9.17) is 15.9 Å². The van der Waals surface area contributed by atoms with E-state index in [9.17, 15) is 4.79 Å². The van der Waals surface area contributed by atoms with Gasteiger partial charge in [-0.05, 0) is 49.6 Å². The number of rotatable bonds is 11. The van der Waals surface area contributed by atoms with E-state index in [0.29, 0.717) is 19.8 Å². The molecule has 4 heteroatoms. The Hall–Kier alpha value is -2.77. The maximum Gasteiger partial charge on any atom is 0.308 e. The first-order valence-electron chi connectivity index (χ1n) is 9.32. The second-order valence-corrected chi connectivity index (χ2v) is 6.19. The van der Waals surface area contributed by atoms with Crippen LogP contribution < -0.4 is 10.1 Å². The Morgan fingerprint density at radius 1 is 1.11 bits per heavy atom. The first-order valence-corrected chi connectivity index (χ1v) is 9.32. The summed E-state index contributed by atoms with van der Waals surface area (Å²) in [5.74, 6) is 3.15. The average Bonchev–Trinajstić information content (AvgIpc) is 2.69. The van der Waals surface area contributed by atoms with Crippen molar-refractivity contribution in [1.82, 2.24) is 5.32 Å². The summed E-state index contributed by atoms with van der Waals surface area (Å²) in [6, 6.07) is 18.3. The maximum atomic E-state index is 11.4. The number of hydrogen-bond acceptors (Lipinski definition) is 4. The monoisotopic (exact) mass is 365 g/mol. The smallest absolute Gasteiger partial charge is 0.308 e. The minimum atomic E-state index is -0.304. The zero-order chi connectivity index (χ0) is 19.3. The number of carbonyl (C=O) groups excluding carboxylic acids is 1. The molecule has 2 rings (SSSR count). The maximum absolute atomic E-state index is 11.4. The molecule has 1 atom stereocenters. The molecule has 0 saturated heterocycles. The molecule has 0 aromatic heterocycles. The zero-order valence-corrected chi connectivity index (χ0v) is 15.8. The van der Waals surface area contributed by atoms with Gasteiger partial charge in [0.15, 0.2) is 0 Å². The van der Waals surface area contributed by atoms with E-state index in [0.717, 1.165) is 18.6 Å². The van der Waals surface area contributed by atoms with Crippen molar-refractivity contribution in [2.75, 3.05) is 19.8 Å². The third-order valence-corrected chi connectivity index (χ3v) is 4.03. The van der Waals surface area contributed by atoms with E-state index in [1.165, 1.54) is 11.1 Å². The molecule has 0 amide bonds. The summed E-state index contributed by atoms with van der Waals surface area (Å²) in [4.78, 5) is 11.4. The highest BCUT2D eigenvalue weighted by molar-refractivity contribution is 5.70. The first kappa shape index (κ1) is 20.5. The molecule has 142 valence electrons. The number of hydrogen-bond donors (Lipinski definition) is 1. The van der Waals surface area contributed by atoms with Gasteiger partial charge in [0.1, 0.15) is 5.75 Å². The highest BCUT2D eigenvalue weighted by Crippen LogP contribution is 2.15. The molecule has 1 N–H and O–H groups in total. The van der Waals surface area contributed by atoms with E-state index < -0.39 is 0 Å². The molecule has 0 aliphatic carbocycles. The van der Waals surface area contributed by atoms with Crippen LogP contribution in [0.5, 0.6) is 5.75 Å². The number of nitrogens with one attached hydrogen (secondary N) is 1. The Kier molecular flexibility index (Phi) is 8.95. The van der Waals surface area contributed by atoms with E-state index in [2.05, 4.69) is 47.6 Å². The van der Waals surface area contributed by atoms with Crippen LogP contribution in [0.2, 0.25) is 0 Å². The van der Waals surface area contributed by atoms with Gasteiger partial charge in [0.25, 0.3) is 0 Å². The second-order valence-electron chi connectivity index (χ2n) is 6.19. The van der Waals surface area contributed by atoms with Crippen LogP contribution in [0.1, 0.15) is 30.9 Å². The van der Waals surface area contributed by atoms with Crippen LogP contribution in [0.3, 0.4) is 0 Å². The van der Waals surface area contributed by atoms with Gasteiger partial charge in [-0.2, -0.15) is 0 Å². The molecule has 0 aliphatic rings. The molecule has 0 saturated carbocycles. The SMILES string of the molecule is C#CC(CC(=O)OCC)NCCCOc1ccc(Cc2ccccc2)cc1. The molecule has 0 fully saturated rings. The van der Waals surface area contributed by atoms with E-state index in [1.807, 2.05) is 18.2 Å². The summed E-state index contributed by atoms with van der Waals surface area (Å²) < 4.78 is 10.7. The lowest BCUT2D eigenvalue weighted by Crippen LogP contribution is -2.32. The van der Waals surface area contributed by atoms with Gasteiger partial charge in [0, 0.05) is 0 Å². The molecule has 1 unspecified atom stereocenters. The molecule has 0 aliphatic heterocycles. The van der Waals surface area contributed by atoms with Crippen LogP contribution in [-0.4, -0.2) is 31.8 Å². The topological polar surface area (TPSA) is 47.6 Å². The Labute approximate surface area is 161 Å². The lowest BCUT2D eigenvalue weighted by molar-refractivity contribution is -0.143. The molecule has 0 radical (unpaired) electrons. The van der Waals surface area contributed by atoms with Gasteiger partial charge in [0.2, 0.25) is 0 Å². The molecule has 0 bridgehead atoms. The molecular weight excluding hydrogens is 338 g/mol. The van der Waals surface area contributed by atoms with Crippen LogP contribution in [0.4, 0.5) is 0 Å². The van der Waals surface area contributed by atoms with Gasteiger partial charge in [-0.1, -0.05) is 48.4 Å². The number of esters is 1. The van der Waals surface area contributed by atoms with Crippen LogP contribution in [0, 0.1) is 12.3 Å². The Morgan fingerprint density at radius 2 is 1.81 bits per heavy atom. The van der Waals surface area contributed by atoms with Crippen molar-refractivity contribution < 1.29 is 14.3 Å². The third kappa shape index (κ3) is 7.98. The molecular formula is C23H27NO3. The number of ether oxygens (including phenoxy) is 2. The second kappa shape index (κ2) is 11.8. The molecule has 4 nitrogen and oxygen atoms in total. The number of terminal acetylenes is 1. The Morgan fingerprint density at radius 3 is 2.48 bits per heavy atom. The fourth-order valence-corrected chi connectivity index (χ4v) is 2.65. The van der Waals surface area contributed by atoms with Crippen molar-refractivity contribution in [3.63, 3.8) is 0 Å². The van der Waals surface area contributed by atoms with Crippen molar-refractivity contribution in [2.24, 2.45) is 0 Å². The van der Waals surface area contributed by atoms with Crippen molar-refractivity contribution in [1.29, 1.82) is 0 Å². The van der Waals surface area contributed by atoms with Crippen molar-refractivity contribution in [3.8, 4) is 18.1 Å². The van der Waals surface area contributed by atoms with Gasteiger partial charge < -0.3 is 14.8 Å². The van der Waals surface area contributed by atoms with Crippen molar-refractivity contribution in [2.45, 2.75) is 32.2 Å². The predicted octanol–water partition coefficient (Wildman–Crippen LogP) is 3.59. The molecule has 0 heterocycles. The summed E-state index contributed by atoms with van der Waals surface area (Å²) >= 11 is 0. The molecule has 2 aromatic rings. The Bertz CT molecular complexity index is 720. The van der Waals surface area contributed by atoms with Gasteiger partial charge in [0.05, 0.1) is 25.7 Å². The third-order valence-electron chi connectivity index (χ3n) is 4.03. The quantitative estimate of drug-likeness (QED) is 0.376. The number of benzene rings is 2. The first-order chi connectivity index (χ1) is 13.2. The van der Waals surface area contributed by atoms with Crippen LogP contribution in [-0.2, 0) is 16.0 Å². The van der Waals surface area contributed by atoms with Gasteiger partial charge >= 0.3 is 5.97 Å². The van der Waals surface area contributed by atoms with Crippen LogP contribution in [0.15, 0.2) is 54.6 Å². The van der Waals surface area contributed by atoms with Crippen LogP contribution in [0.25, 0.3) is 0 Å². The van der Waals surface area contributed by atoms with E-state index in [-0.39, 0.29) is 18.4 Å². The minimum Gasteiger partial charge on any atom is -0.494 e. The predicted molar refractivity (Wildman–Crippen MR) is 108 cm³/mol. The normalized spacial score (nSPS) is 11.4. The average molecular weight is 365 g/mol.